The third-order valence-electron chi connectivity index (χ3n) is 4.29. The average molecular weight is 291 g/mol. The summed E-state index contributed by atoms with van der Waals surface area (Å²) in [6.07, 6.45) is 2.17. The zero-order valence-corrected chi connectivity index (χ0v) is 13.1. The largest absolute Gasteiger partial charge is 0.480 e. The van der Waals surface area contributed by atoms with Gasteiger partial charge in [0, 0.05) is 13.2 Å². The van der Waals surface area contributed by atoms with Gasteiger partial charge in [-0.05, 0) is 36.8 Å². The fourth-order valence-corrected chi connectivity index (χ4v) is 2.63. The van der Waals surface area contributed by atoms with Gasteiger partial charge in [-0.1, -0.05) is 38.1 Å². The second kappa shape index (κ2) is 6.58. The molecule has 0 bridgehead atoms. The van der Waals surface area contributed by atoms with E-state index in [4.69, 9.17) is 4.74 Å². The van der Waals surface area contributed by atoms with Crippen LogP contribution >= 0.6 is 0 Å². The molecule has 1 aromatic carbocycles. The van der Waals surface area contributed by atoms with Crippen LogP contribution in [0.25, 0.3) is 0 Å². The lowest BCUT2D eigenvalue weighted by Crippen LogP contribution is -2.49. The summed E-state index contributed by atoms with van der Waals surface area (Å²) in [7, 11) is 0. The van der Waals surface area contributed by atoms with Crippen LogP contribution in [0.5, 0.6) is 0 Å². The number of benzene rings is 1. The summed E-state index contributed by atoms with van der Waals surface area (Å²) < 4.78 is 5.56. The van der Waals surface area contributed by atoms with Crippen LogP contribution in [-0.2, 0) is 15.1 Å². The van der Waals surface area contributed by atoms with Crippen molar-refractivity contribution in [1.29, 1.82) is 0 Å². The number of carboxylic acids is 1. The molecule has 4 nitrogen and oxygen atoms in total. The fourth-order valence-electron chi connectivity index (χ4n) is 2.63. The van der Waals surface area contributed by atoms with Crippen LogP contribution in [0.3, 0.4) is 0 Å². The monoisotopic (exact) mass is 291 g/mol. The van der Waals surface area contributed by atoms with Crippen molar-refractivity contribution in [2.45, 2.75) is 51.2 Å². The number of hydrogen-bond donors (Lipinski definition) is 2. The second-order valence-corrected chi connectivity index (χ2v) is 6.22. The highest BCUT2D eigenvalue weighted by Crippen LogP contribution is 2.24. The summed E-state index contributed by atoms with van der Waals surface area (Å²) in [5, 5.41) is 12.8. The maximum atomic E-state index is 11.7. The van der Waals surface area contributed by atoms with Crippen molar-refractivity contribution >= 4 is 5.97 Å². The standard InChI is InChI=1S/C17H25NO3/c1-12(2)13-6-8-14(9-7-13)17(3,16(19)20)18-11-15-5-4-10-21-15/h6-9,12,15,18H,4-5,10-11H2,1-3H3,(H,19,20). The SMILES string of the molecule is CC(C)c1ccc(C(C)(NCC2CCCO2)C(=O)O)cc1. The first-order valence-electron chi connectivity index (χ1n) is 7.64. The van der Waals surface area contributed by atoms with Gasteiger partial charge in [-0.2, -0.15) is 0 Å². The smallest absolute Gasteiger partial charge is 0.328 e. The first kappa shape index (κ1) is 16.0. The van der Waals surface area contributed by atoms with E-state index in [1.807, 2.05) is 24.3 Å². The first-order chi connectivity index (χ1) is 9.93. The van der Waals surface area contributed by atoms with Crippen LogP contribution in [0, 0.1) is 0 Å². The average Bonchev–Trinajstić information content (AvgIpc) is 2.98. The van der Waals surface area contributed by atoms with Crippen LogP contribution in [0.15, 0.2) is 24.3 Å². The first-order valence-corrected chi connectivity index (χ1v) is 7.64. The Morgan fingerprint density at radius 1 is 1.43 bits per heavy atom. The molecule has 0 aromatic heterocycles. The second-order valence-electron chi connectivity index (χ2n) is 6.22. The van der Waals surface area contributed by atoms with Gasteiger partial charge >= 0.3 is 5.97 Å². The van der Waals surface area contributed by atoms with Gasteiger partial charge < -0.3 is 9.84 Å². The normalized spacial score (nSPS) is 21.4. The lowest BCUT2D eigenvalue weighted by atomic mass is 9.89. The minimum absolute atomic E-state index is 0.124. The van der Waals surface area contributed by atoms with E-state index in [1.165, 1.54) is 5.56 Å². The molecule has 2 rings (SSSR count). The summed E-state index contributed by atoms with van der Waals surface area (Å²) >= 11 is 0. The molecule has 0 saturated carbocycles. The lowest BCUT2D eigenvalue weighted by molar-refractivity contribution is -0.144. The summed E-state index contributed by atoms with van der Waals surface area (Å²) in [6, 6.07) is 7.84. The highest BCUT2D eigenvalue weighted by molar-refractivity contribution is 5.80. The molecule has 0 amide bonds. The number of rotatable bonds is 6. The van der Waals surface area contributed by atoms with Crippen molar-refractivity contribution in [2.24, 2.45) is 0 Å². The summed E-state index contributed by atoms with van der Waals surface area (Å²) in [5.41, 5.74) is 0.907. The molecule has 1 aromatic rings. The quantitative estimate of drug-likeness (QED) is 0.846. The Balaban J connectivity index is 2.13. The van der Waals surface area contributed by atoms with Crippen molar-refractivity contribution in [3.8, 4) is 0 Å². The molecule has 21 heavy (non-hydrogen) atoms. The van der Waals surface area contributed by atoms with E-state index in [2.05, 4.69) is 19.2 Å². The van der Waals surface area contributed by atoms with E-state index in [-0.39, 0.29) is 6.10 Å². The van der Waals surface area contributed by atoms with E-state index in [1.54, 1.807) is 6.92 Å². The molecule has 4 heteroatoms. The van der Waals surface area contributed by atoms with Crippen LogP contribution in [-0.4, -0.2) is 30.3 Å². The topological polar surface area (TPSA) is 58.6 Å². The van der Waals surface area contributed by atoms with Crippen molar-refractivity contribution in [3.63, 3.8) is 0 Å². The number of nitrogens with one attached hydrogen (secondary N) is 1. The molecule has 1 saturated heterocycles. The molecule has 2 atom stereocenters. The Morgan fingerprint density at radius 3 is 2.57 bits per heavy atom. The van der Waals surface area contributed by atoms with E-state index >= 15 is 0 Å². The molecule has 116 valence electrons. The van der Waals surface area contributed by atoms with Crippen LogP contribution in [0.2, 0.25) is 0 Å². The Hall–Kier alpha value is -1.39. The Kier molecular flexibility index (Phi) is 5.01. The number of ether oxygens (including phenoxy) is 1. The van der Waals surface area contributed by atoms with Crippen molar-refractivity contribution in [1.82, 2.24) is 5.32 Å². The maximum absolute atomic E-state index is 11.7. The zero-order chi connectivity index (χ0) is 15.5. The van der Waals surface area contributed by atoms with Gasteiger partial charge in [-0.15, -0.1) is 0 Å². The molecule has 0 aliphatic carbocycles. The Bertz CT molecular complexity index is 477. The molecule has 1 aliphatic rings. The molecule has 1 heterocycles. The molecule has 1 fully saturated rings. The van der Waals surface area contributed by atoms with Gasteiger partial charge in [-0.25, -0.2) is 4.79 Å². The summed E-state index contributed by atoms with van der Waals surface area (Å²) in [4.78, 5) is 11.7. The number of carboxylic acid groups (broad SMARTS) is 1. The lowest BCUT2D eigenvalue weighted by Gasteiger charge is -2.28. The number of carbonyl (C=O) groups is 1. The predicted molar refractivity (Wildman–Crippen MR) is 82.5 cm³/mol. The molecule has 2 N–H and O–H groups in total. The van der Waals surface area contributed by atoms with Crippen LogP contribution in [0.4, 0.5) is 0 Å². The van der Waals surface area contributed by atoms with Gasteiger partial charge in [0.2, 0.25) is 0 Å². The highest BCUT2D eigenvalue weighted by atomic mass is 16.5. The molecule has 0 radical (unpaired) electrons. The molecule has 0 spiro atoms. The number of aliphatic carboxylic acids is 1. The molecular weight excluding hydrogens is 266 g/mol. The van der Waals surface area contributed by atoms with E-state index in [0.717, 1.165) is 25.0 Å². The minimum Gasteiger partial charge on any atom is -0.480 e. The summed E-state index contributed by atoms with van der Waals surface area (Å²) in [6.45, 7) is 7.31. The van der Waals surface area contributed by atoms with Crippen molar-refractivity contribution < 1.29 is 14.6 Å². The fraction of sp³-hybridized carbons (Fsp3) is 0.588. The van der Waals surface area contributed by atoms with Gasteiger partial charge in [0.05, 0.1) is 6.10 Å². The van der Waals surface area contributed by atoms with E-state index < -0.39 is 11.5 Å². The van der Waals surface area contributed by atoms with E-state index in [9.17, 15) is 9.90 Å². The van der Waals surface area contributed by atoms with Crippen LogP contribution in [0.1, 0.15) is 50.7 Å². The Morgan fingerprint density at radius 2 is 2.10 bits per heavy atom. The van der Waals surface area contributed by atoms with Gasteiger partial charge in [0.15, 0.2) is 0 Å². The van der Waals surface area contributed by atoms with Gasteiger partial charge in [0.25, 0.3) is 0 Å². The van der Waals surface area contributed by atoms with Crippen molar-refractivity contribution in [2.75, 3.05) is 13.2 Å². The third kappa shape index (κ3) is 3.63. The third-order valence-corrected chi connectivity index (χ3v) is 4.29. The zero-order valence-electron chi connectivity index (χ0n) is 13.1. The summed E-state index contributed by atoms with van der Waals surface area (Å²) in [5.74, 6) is -0.423. The highest BCUT2D eigenvalue weighted by Gasteiger charge is 2.35. The van der Waals surface area contributed by atoms with Crippen molar-refractivity contribution in [3.05, 3.63) is 35.4 Å². The van der Waals surface area contributed by atoms with E-state index in [0.29, 0.717) is 12.5 Å². The predicted octanol–water partition coefficient (Wildman–Crippen LogP) is 2.88. The van der Waals surface area contributed by atoms with Gasteiger partial charge in [-0.3, -0.25) is 5.32 Å². The molecule has 1 aliphatic heterocycles. The van der Waals surface area contributed by atoms with Gasteiger partial charge in [0.1, 0.15) is 5.54 Å². The Labute approximate surface area is 126 Å². The minimum atomic E-state index is -1.08. The maximum Gasteiger partial charge on any atom is 0.328 e. The molecular formula is C17H25NO3. The van der Waals surface area contributed by atoms with Crippen LogP contribution < -0.4 is 5.32 Å². The molecule has 2 unspecified atom stereocenters. The number of hydrogen-bond acceptors (Lipinski definition) is 3.